The number of benzene rings is 2. The molecule has 2 rings (SSSR count). The van der Waals surface area contributed by atoms with E-state index in [4.69, 9.17) is 23.2 Å². The van der Waals surface area contributed by atoms with E-state index in [1.54, 1.807) is 0 Å². The molecule has 0 aromatic heterocycles. The van der Waals surface area contributed by atoms with Crippen molar-refractivity contribution in [2.75, 3.05) is 0 Å². The van der Waals surface area contributed by atoms with Gasteiger partial charge in [-0.25, -0.2) is 4.39 Å². The zero-order valence-electron chi connectivity index (χ0n) is 14.5. The van der Waals surface area contributed by atoms with Gasteiger partial charge >= 0.3 is 23.9 Å². The Bertz CT molecular complexity index is 932. The maximum absolute atomic E-state index is 15.2. The summed E-state index contributed by atoms with van der Waals surface area (Å²) in [7, 11) is 0. The van der Waals surface area contributed by atoms with Gasteiger partial charge in [-0.15, -0.1) is 0 Å². The molecule has 0 aliphatic rings. The monoisotopic (exact) mass is 468 g/mol. The van der Waals surface area contributed by atoms with Crippen LogP contribution < -0.4 is 0 Å². The molecule has 0 nitrogen and oxygen atoms in total. The molecule has 2 aromatic rings. The van der Waals surface area contributed by atoms with Crippen LogP contribution in [0.3, 0.4) is 0 Å². The van der Waals surface area contributed by atoms with Crippen LogP contribution >= 0.6 is 23.2 Å². The van der Waals surface area contributed by atoms with E-state index in [2.05, 4.69) is 0 Å². The second-order valence-corrected chi connectivity index (χ2v) is 7.20. The Kier molecular flexibility index (Phi) is 5.93. The molecule has 0 radical (unpaired) electrons. The zero-order valence-corrected chi connectivity index (χ0v) is 16.1. The molecule has 0 saturated heterocycles. The molecule has 160 valence electrons. The highest BCUT2D eigenvalue weighted by Gasteiger charge is 2.82. The minimum atomic E-state index is -6.82. The molecule has 11 heteroatoms. The van der Waals surface area contributed by atoms with Gasteiger partial charge in [0.15, 0.2) is 0 Å². The molecule has 0 N–H and O–H groups in total. The summed E-state index contributed by atoms with van der Waals surface area (Å²) >= 11 is 11.6. The smallest absolute Gasteiger partial charge is 0.221 e. The Morgan fingerprint density at radius 2 is 1.28 bits per heavy atom. The van der Waals surface area contributed by atoms with E-state index >= 15 is 4.39 Å². The number of hydrogen-bond acceptors (Lipinski definition) is 0. The molecular weight excluding hydrogens is 458 g/mol. The lowest BCUT2D eigenvalue weighted by atomic mass is 9.80. The predicted octanol–water partition coefficient (Wildman–Crippen LogP) is 8.20. The van der Waals surface area contributed by atoms with E-state index in [1.165, 1.54) is 6.07 Å². The van der Waals surface area contributed by atoms with Crippen LogP contribution in [0.5, 0.6) is 0 Å². The minimum absolute atomic E-state index is 0.0213. The molecule has 0 spiro atoms. The first-order chi connectivity index (χ1) is 12.9. The maximum Gasteiger partial charge on any atom is 0.457 e. The highest BCUT2D eigenvalue weighted by Crippen LogP contribution is 2.60. The lowest BCUT2D eigenvalue weighted by Gasteiger charge is -2.37. The van der Waals surface area contributed by atoms with Crippen molar-refractivity contribution < 1.29 is 39.5 Å². The van der Waals surface area contributed by atoms with E-state index in [9.17, 15) is 35.1 Å². The van der Waals surface area contributed by atoms with Gasteiger partial charge in [0, 0.05) is 21.2 Å². The summed E-state index contributed by atoms with van der Waals surface area (Å²) in [6.45, 7) is 2.27. The van der Waals surface area contributed by atoms with Gasteiger partial charge in [-0.1, -0.05) is 47.0 Å². The normalized spacial score (nSPS) is 15.3. The van der Waals surface area contributed by atoms with Crippen molar-refractivity contribution in [3.05, 3.63) is 57.1 Å². The van der Waals surface area contributed by atoms with Gasteiger partial charge in [0.25, 0.3) is 0 Å². The summed E-state index contributed by atoms with van der Waals surface area (Å²) in [6.07, 6.45) is -13.4. The van der Waals surface area contributed by atoms with E-state index in [-0.39, 0.29) is 26.7 Å². The summed E-state index contributed by atoms with van der Waals surface area (Å²) in [4.78, 5) is 0. The van der Waals surface area contributed by atoms with Gasteiger partial charge in [-0.3, -0.25) is 0 Å². The third kappa shape index (κ3) is 3.79. The van der Waals surface area contributed by atoms with Crippen LogP contribution in [0.15, 0.2) is 30.3 Å². The van der Waals surface area contributed by atoms with Gasteiger partial charge in [0.05, 0.1) is 0 Å². The summed E-state index contributed by atoms with van der Waals surface area (Å²) < 4.78 is 122. The van der Waals surface area contributed by atoms with Gasteiger partial charge in [0.1, 0.15) is 0 Å². The Morgan fingerprint density at radius 3 is 1.72 bits per heavy atom. The second kappa shape index (κ2) is 7.27. The van der Waals surface area contributed by atoms with E-state index in [1.807, 2.05) is 0 Å². The van der Waals surface area contributed by atoms with E-state index in [0.717, 1.165) is 32.0 Å². The van der Waals surface area contributed by atoms with Crippen LogP contribution in [0.1, 0.15) is 16.7 Å². The Hall–Kier alpha value is -1.61. The molecule has 0 saturated carbocycles. The van der Waals surface area contributed by atoms with E-state index < -0.39 is 35.1 Å². The lowest BCUT2D eigenvalue weighted by molar-refractivity contribution is -0.389. The first kappa shape index (κ1) is 23.7. The lowest BCUT2D eigenvalue weighted by Crippen LogP contribution is -2.60. The number of aryl methyl sites for hydroxylation is 2. The van der Waals surface area contributed by atoms with Crippen LogP contribution in [0.2, 0.25) is 10.0 Å². The molecule has 29 heavy (non-hydrogen) atoms. The Balaban J connectivity index is 3.04. The van der Waals surface area contributed by atoms with Crippen LogP contribution in [-0.2, 0) is 5.67 Å². The highest BCUT2D eigenvalue weighted by molar-refractivity contribution is 6.36. The van der Waals surface area contributed by atoms with Gasteiger partial charge in [-0.05, 0) is 37.1 Å². The molecule has 0 amide bonds. The van der Waals surface area contributed by atoms with Crippen molar-refractivity contribution in [1.82, 2.24) is 0 Å². The number of hydrogen-bond donors (Lipinski definition) is 0. The molecule has 0 heterocycles. The number of rotatable bonds is 3. The number of alkyl halides is 9. The highest BCUT2D eigenvalue weighted by atomic mass is 35.5. The van der Waals surface area contributed by atoms with Crippen molar-refractivity contribution in [2.24, 2.45) is 0 Å². The summed E-state index contributed by atoms with van der Waals surface area (Å²) in [5.41, 5.74) is -9.53. The zero-order chi connectivity index (χ0) is 22.6. The topological polar surface area (TPSA) is 0 Å². The largest absolute Gasteiger partial charge is 0.457 e. The minimum Gasteiger partial charge on any atom is -0.221 e. The standard InChI is InChI=1S/C18H11Cl2F9/c1-8-5-9(2)14(11-4-3-10(19)7-13(11)20)12(6-8)15(21,17(24,25)26)16(22,23)18(27,28)29/h3-7H,1-2H3. The first-order valence-electron chi connectivity index (χ1n) is 7.72. The van der Waals surface area contributed by atoms with Crippen molar-refractivity contribution >= 4 is 23.2 Å². The van der Waals surface area contributed by atoms with Crippen LogP contribution in [0.25, 0.3) is 11.1 Å². The fourth-order valence-corrected chi connectivity index (χ4v) is 3.49. The summed E-state index contributed by atoms with van der Waals surface area (Å²) in [6, 6.07) is 4.68. The third-order valence-electron chi connectivity index (χ3n) is 4.23. The van der Waals surface area contributed by atoms with E-state index in [0.29, 0.717) is 6.07 Å². The van der Waals surface area contributed by atoms with Gasteiger partial charge in [0.2, 0.25) is 0 Å². The fourth-order valence-electron chi connectivity index (χ4n) is 2.98. The Labute approximate surface area is 169 Å². The Morgan fingerprint density at radius 1 is 0.724 bits per heavy atom. The quantitative estimate of drug-likeness (QED) is 0.398. The molecule has 0 fully saturated rings. The van der Waals surface area contributed by atoms with Crippen LogP contribution in [0, 0.1) is 13.8 Å². The van der Waals surface area contributed by atoms with Crippen LogP contribution in [0.4, 0.5) is 39.5 Å². The van der Waals surface area contributed by atoms with Gasteiger partial charge < -0.3 is 0 Å². The van der Waals surface area contributed by atoms with Crippen molar-refractivity contribution in [2.45, 2.75) is 37.8 Å². The molecule has 1 unspecified atom stereocenters. The van der Waals surface area contributed by atoms with Crippen LogP contribution in [-0.4, -0.2) is 18.3 Å². The van der Waals surface area contributed by atoms with Crippen molar-refractivity contribution in [3.8, 4) is 11.1 Å². The average molecular weight is 469 g/mol. The third-order valence-corrected chi connectivity index (χ3v) is 4.78. The maximum atomic E-state index is 15.2. The van der Waals surface area contributed by atoms with Crippen molar-refractivity contribution in [3.63, 3.8) is 0 Å². The van der Waals surface area contributed by atoms with Crippen molar-refractivity contribution in [1.29, 1.82) is 0 Å². The molecule has 1 atom stereocenters. The molecule has 2 aromatic carbocycles. The SMILES string of the molecule is Cc1cc(C)c(-c2ccc(Cl)cc2Cl)c(C(F)(C(F)(F)F)C(F)(F)C(F)(F)F)c1. The second-order valence-electron chi connectivity index (χ2n) is 6.36. The molecule has 0 aliphatic heterocycles. The molecule has 0 bridgehead atoms. The molecular formula is C18H11Cl2F9. The first-order valence-corrected chi connectivity index (χ1v) is 8.48. The fraction of sp³-hybridized carbons (Fsp3) is 0.333. The average Bonchev–Trinajstić information content (AvgIpc) is 2.52. The predicted molar refractivity (Wildman–Crippen MR) is 91.2 cm³/mol. The number of halogens is 11. The van der Waals surface area contributed by atoms with Gasteiger partial charge in [-0.2, -0.15) is 35.1 Å². The molecule has 0 aliphatic carbocycles. The summed E-state index contributed by atoms with van der Waals surface area (Å²) in [5.74, 6) is -6.79. The summed E-state index contributed by atoms with van der Waals surface area (Å²) in [5, 5.41) is -0.335.